The zero-order valence-corrected chi connectivity index (χ0v) is 35.6. The zero-order chi connectivity index (χ0) is 43.8. The molecule has 0 saturated carbocycles. The zero-order valence-electron chi connectivity index (χ0n) is 34.8. The highest BCUT2D eigenvalue weighted by Gasteiger charge is 2.42. The van der Waals surface area contributed by atoms with Crippen LogP contribution < -0.4 is 10.9 Å². The van der Waals surface area contributed by atoms with Gasteiger partial charge in [-0.25, -0.2) is 4.79 Å². The van der Waals surface area contributed by atoms with Crippen LogP contribution in [0.5, 0.6) is 5.75 Å². The highest BCUT2D eigenvalue weighted by atomic mass is 32.1. The first-order valence-electron chi connectivity index (χ1n) is 21.3. The lowest BCUT2D eigenvalue weighted by Gasteiger charge is -2.33. The van der Waals surface area contributed by atoms with E-state index < -0.39 is 17.7 Å². The van der Waals surface area contributed by atoms with E-state index in [9.17, 15) is 29.7 Å². The molecule has 7 aromatic rings. The normalized spacial score (nSPS) is 14.9. The van der Waals surface area contributed by atoms with Crippen molar-refractivity contribution in [1.29, 1.82) is 0 Å². The lowest BCUT2D eigenvalue weighted by atomic mass is 9.85. The highest BCUT2D eigenvalue weighted by Crippen LogP contribution is 2.36. The summed E-state index contributed by atoms with van der Waals surface area (Å²) in [6.45, 7) is 3.61. The Kier molecular flexibility index (Phi) is 13.7. The van der Waals surface area contributed by atoms with Gasteiger partial charge in [0, 0.05) is 59.0 Å². The Labute approximate surface area is 369 Å². The molecular formula is C51H50N4O7S. The molecule has 12 heteroatoms. The van der Waals surface area contributed by atoms with E-state index in [2.05, 4.69) is 44.5 Å². The fraction of sp³-hybridized carbons (Fsp3) is 0.255. The van der Waals surface area contributed by atoms with Crippen LogP contribution >= 0.6 is 11.3 Å². The van der Waals surface area contributed by atoms with Crippen molar-refractivity contribution in [2.75, 3.05) is 26.2 Å². The number of aryl methyl sites for hydroxylation is 1. The molecule has 63 heavy (non-hydrogen) atoms. The third kappa shape index (κ3) is 10.3. The first-order valence-corrected chi connectivity index (χ1v) is 22.1. The topological polar surface area (TPSA) is 165 Å². The van der Waals surface area contributed by atoms with Gasteiger partial charge in [0.05, 0.1) is 18.2 Å². The average molecular weight is 863 g/mol. The number of hydrogen-bond acceptors (Lipinski definition) is 11. The van der Waals surface area contributed by atoms with Crippen molar-refractivity contribution in [3.63, 3.8) is 0 Å². The van der Waals surface area contributed by atoms with Gasteiger partial charge in [-0.3, -0.25) is 19.5 Å². The number of benzene rings is 4. The fourth-order valence-electron chi connectivity index (χ4n) is 8.17. The van der Waals surface area contributed by atoms with E-state index in [1.165, 1.54) is 17.7 Å². The van der Waals surface area contributed by atoms with Crippen LogP contribution in [0, 0.1) is 5.92 Å². The lowest BCUT2D eigenvalue weighted by Crippen LogP contribution is -2.40. The quantitative estimate of drug-likeness (QED) is 0.0453. The van der Waals surface area contributed by atoms with E-state index in [4.69, 9.17) is 4.74 Å². The van der Waals surface area contributed by atoms with Crippen LogP contribution in [-0.2, 0) is 34.6 Å². The van der Waals surface area contributed by atoms with Crippen LogP contribution in [0.25, 0.3) is 21.3 Å². The number of nitrogens with zero attached hydrogens (tertiary/aromatic N) is 2. The van der Waals surface area contributed by atoms with Crippen molar-refractivity contribution in [2.24, 2.45) is 5.92 Å². The standard InChI is InChI=1S/C51H50N4O7S/c56-44(43-19-14-36(30-53-43)29-52-31-46(58)41-17-21-45(57)49-42(41)18-23-48(59)54-49)20-15-40-16-22-47(63-40)37-10-7-13-39(28-37)51(61,38-11-5-2-6-12-38)50(60)62-33-35-24-26-55(27-25-35)32-34-8-3-1-4-9-34/h1-14,16-19,21-23,28,30,35,46,52,57-58,61H,15,20,24-27,29,31-33H2,(H,54,59)/t46-,51-/m0/s1. The van der Waals surface area contributed by atoms with Gasteiger partial charge in [0.25, 0.3) is 0 Å². The van der Waals surface area contributed by atoms with Gasteiger partial charge in [0.15, 0.2) is 5.78 Å². The number of thiophene rings is 1. The molecule has 0 spiro atoms. The molecule has 2 atom stereocenters. The molecule has 1 aliphatic heterocycles. The molecule has 0 bridgehead atoms. The molecule has 0 radical (unpaired) electrons. The van der Waals surface area contributed by atoms with Crippen LogP contribution in [0.4, 0.5) is 0 Å². The summed E-state index contributed by atoms with van der Waals surface area (Å²) in [5.41, 5.74) is 2.69. The number of phenolic OH excluding ortho intramolecular Hbond substituents is 1. The van der Waals surface area contributed by atoms with Gasteiger partial charge in [-0.15, -0.1) is 11.3 Å². The lowest BCUT2D eigenvalue weighted by molar-refractivity contribution is -0.164. The third-order valence-electron chi connectivity index (χ3n) is 11.8. The Bertz CT molecular complexity index is 2710. The minimum Gasteiger partial charge on any atom is -0.506 e. The molecule has 0 unspecified atom stereocenters. The van der Waals surface area contributed by atoms with Crippen molar-refractivity contribution in [1.82, 2.24) is 20.2 Å². The number of phenols is 1. The Morgan fingerprint density at radius 2 is 1.63 bits per heavy atom. The maximum Gasteiger partial charge on any atom is 0.347 e. The number of carbonyl (C=O) groups is 2. The summed E-state index contributed by atoms with van der Waals surface area (Å²) < 4.78 is 5.95. The SMILES string of the molecule is O=C(CCc1ccc(-c2cccc([C@](O)(C(=O)OCC3CCN(Cc4ccccc4)CC3)c3ccccc3)c2)s1)c1ccc(CNC[C@H](O)c2ccc(O)c3[nH]c(=O)ccc23)cn1. The van der Waals surface area contributed by atoms with Gasteiger partial charge in [-0.2, -0.15) is 0 Å². The van der Waals surface area contributed by atoms with E-state index in [-0.39, 0.29) is 48.1 Å². The summed E-state index contributed by atoms with van der Waals surface area (Å²) in [6, 6.07) is 40.3. The smallest absolute Gasteiger partial charge is 0.347 e. The number of piperidine rings is 1. The van der Waals surface area contributed by atoms with Crippen LogP contribution in [0.3, 0.4) is 0 Å². The van der Waals surface area contributed by atoms with E-state index >= 15 is 0 Å². The van der Waals surface area contributed by atoms with Gasteiger partial charge >= 0.3 is 5.97 Å². The minimum absolute atomic E-state index is 0.0685. The molecule has 11 nitrogen and oxygen atoms in total. The number of rotatable bonds is 17. The summed E-state index contributed by atoms with van der Waals surface area (Å²) in [5, 5.41) is 37.1. The number of nitrogens with one attached hydrogen (secondary N) is 2. The van der Waals surface area contributed by atoms with Crippen molar-refractivity contribution >= 4 is 34.0 Å². The van der Waals surface area contributed by atoms with Gasteiger partial charge in [0.2, 0.25) is 11.2 Å². The molecular weight excluding hydrogens is 813 g/mol. The Balaban J connectivity index is 0.848. The van der Waals surface area contributed by atoms with E-state index in [0.29, 0.717) is 40.7 Å². The number of H-pyrrole nitrogens is 1. The third-order valence-corrected chi connectivity index (χ3v) is 13.0. The van der Waals surface area contributed by atoms with Gasteiger partial charge in [-0.1, -0.05) is 91.0 Å². The van der Waals surface area contributed by atoms with Crippen LogP contribution in [0.15, 0.2) is 144 Å². The molecule has 1 aliphatic rings. The molecule has 4 heterocycles. The molecule has 0 amide bonds. The molecule has 4 aromatic carbocycles. The number of Topliss-reactive ketones (excluding diaryl/α,β-unsaturated/α-hetero) is 1. The average Bonchev–Trinajstić information content (AvgIpc) is 3.80. The van der Waals surface area contributed by atoms with Gasteiger partial charge in [0.1, 0.15) is 11.4 Å². The van der Waals surface area contributed by atoms with Crippen LogP contribution in [0.2, 0.25) is 0 Å². The number of ketones is 1. The summed E-state index contributed by atoms with van der Waals surface area (Å²) >= 11 is 1.56. The second-order valence-corrected chi connectivity index (χ2v) is 17.3. The summed E-state index contributed by atoms with van der Waals surface area (Å²) in [5.74, 6) is -0.631. The maximum atomic E-state index is 14.0. The second kappa shape index (κ2) is 19.8. The van der Waals surface area contributed by atoms with E-state index in [1.807, 2.05) is 48.5 Å². The number of pyridine rings is 2. The number of esters is 1. The number of aliphatic hydroxyl groups excluding tert-OH is 1. The largest absolute Gasteiger partial charge is 0.506 e. The summed E-state index contributed by atoms with van der Waals surface area (Å²) in [7, 11) is 0. The van der Waals surface area contributed by atoms with Crippen LogP contribution in [-0.4, -0.2) is 68.2 Å². The monoisotopic (exact) mass is 862 g/mol. The molecule has 0 aliphatic carbocycles. The van der Waals surface area contributed by atoms with E-state index in [0.717, 1.165) is 53.4 Å². The second-order valence-electron chi connectivity index (χ2n) is 16.1. The Morgan fingerprint density at radius 3 is 2.40 bits per heavy atom. The van der Waals surface area contributed by atoms with Gasteiger partial charge in [-0.05, 0) is 102 Å². The summed E-state index contributed by atoms with van der Waals surface area (Å²) in [4.78, 5) is 50.3. The van der Waals surface area contributed by atoms with E-state index in [1.54, 1.807) is 66.1 Å². The van der Waals surface area contributed by atoms with Gasteiger partial charge < -0.3 is 30.4 Å². The number of fused-ring (bicyclic) bond motifs is 1. The molecule has 8 rings (SSSR count). The first-order chi connectivity index (χ1) is 30.6. The molecule has 5 N–H and O–H groups in total. The number of carbonyl (C=O) groups excluding carboxylic acids is 2. The number of aliphatic hydroxyl groups is 2. The van der Waals surface area contributed by atoms with Crippen LogP contribution in [0.1, 0.15) is 68.5 Å². The predicted octanol–water partition coefficient (Wildman–Crippen LogP) is 7.69. The Morgan fingerprint density at radius 1 is 0.873 bits per heavy atom. The number of aromatic hydroxyl groups is 1. The van der Waals surface area contributed by atoms with Crippen molar-refractivity contribution in [3.05, 3.63) is 188 Å². The molecule has 1 fully saturated rings. The van der Waals surface area contributed by atoms with Crippen molar-refractivity contribution < 1.29 is 29.6 Å². The number of hydrogen-bond donors (Lipinski definition) is 5. The number of ether oxygens (including phenoxy) is 1. The molecule has 322 valence electrons. The molecule has 1 saturated heterocycles. The summed E-state index contributed by atoms with van der Waals surface area (Å²) in [6.07, 6.45) is 3.37. The minimum atomic E-state index is -2.01. The fourth-order valence-corrected chi connectivity index (χ4v) is 9.17. The highest BCUT2D eigenvalue weighted by molar-refractivity contribution is 7.15. The maximum absolute atomic E-state index is 14.0. The predicted molar refractivity (Wildman–Crippen MR) is 244 cm³/mol. The number of likely N-dealkylation sites (tertiary alicyclic amines) is 1. The Hall–Kier alpha value is -6.28. The van der Waals surface area contributed by atoms with Crippen molar-refractivity contribution in [3.8, 4) is 16.2 Å². The number of aromatic nitrogens is 2. The first kappa shape index (κ1) is 43.4. The van der Waals surface area contributed by atoms with Crippen molar-refractivity contribution in [2.45, 2.75) is 50.5 Å². The molecule has 3 aromatic heterocycles. The number of aromatic amines is 1.